The Bertz CT molecular complexity index is 1750. The van der Waals surface area contributed by atoms with Gasteiger partial charge in [-0.25, -0.2) is 9.13 Å². The van der Waals surface area contributed by atoms with Gasteiger partial charge in [-0.3, -0.25) is 37.3 Å². The van der Waals surface area contributed by atoms with Gasteiger partial charge in [0.25, 0.3) is 0 Å². The number of aliphatic hydroxyl groups excluding tert-OH is 1. The molecule has 3 unspecified atom stereocenters. The zero-order valence-corrected chi connectivity index (χ0v) is 59.7. The van der Waals surface area contributed by atoms with E-state index in [1.165, 1.54) is 161 Å². The van der Waals surface area contributed by atoms with E-state index in [2.05, 4.69) is 48.5 Å². The number of rotatable bonds is 68. The second-order valence-corrected chi connectivity index (χ2v) is 29.4. The Morgan fingerprint density at radius 3 is 0.854 bits per heavy atom. The van der Waals surface area contributed by atoms with Gasteiger partial charge in [-0.15, -0.1) is 0 Å². The summed E-state index contributed by atoms with van der Waals surface area (Å²) in [4.78, 5) is 72.5. The summed E-state index contributed by atoms with van der Waals surface area (Å²) in [5, 5.41) is 10.6. The molecule has 3 N–H and O–H groups in total. The number of carbonyl (C=O) groups is 4. The molecule has 0 amide bonds. The third-order valence-electron chi connectivity index (χ3n) is 16.5. The minimum atomic E-state index is -4.95. The van der Waals surface area contributed by atoms with E-state index in [0.29, 0.717) is 25.7 Å². The lowest BCUT2D eigenvalue weighted by atomic mass is 9.99. The lowest BCUT2D eigenvalue weighted by Gasteiger charge is -2.21. The summed E-state index contributed by atoms with van der Waals surface area (Å²) in [5.74, 6) is 0.148. The van der Waals surface area contributed by atoms with Gasteiger partial charge in [-0.2, -0.15) is 0 Å². The molecule has 19 heteroatoms. The Balaban J connectivity index is 5.27. The molecular weight excluding hydrogens is 1170 g/mol. The number of ether oxygens (including phenoxy) is 4. The summed E-state index contributed by atoms with van der Waals surface area (Å²) in [6.45, 7) is 11.8. The Morgan fingerprint density at radius 2 is 0.573 bits per heavy atom. The summed E-state index contributed by atoms with van der Waals surface area (Å²) in [6.07, 6.45) is 44.3. The molecule has 0 aliphatic heterocycles. The van der Waals surface area contributed by atoms with Crippen LogP contribution in [0.2, 0.25) is 0 Å². The molecule has 528 valence electrons. The molecule has 0 bridgehead atoms. The topological polar surface area (TPSA) is 237 Å². The third kappa shape index (κ3) is 63.2. The summed E-state index contributed by atoms with van der Waals surface area (Å²) in [7, 11) is -9.90. The lowest BCUT2D eigenvalue weighted by Crippen LogP contribution is -2.30. The van der Waals surface area contributed by atoms with Crippen LogP contribution in [0.3, 0.4) is 0 Å². The van der Waals surface area contributed by atoms with Crippen LogP contribution in [0.15, 0.2) is 0 Å². The molecule has 0 aliphatic carbocycles. The predicted octanol–water partition coefficient (Wildman–Crippen LogP) is 19.8. The van der Waals surface area contributed by atoms with Gasteiger partial charge in [0.1, 0.15) is 19.3 Å². The van der Waals surface area contributed by atoms with Crippen molar-refractivity contribution in [1.29, 1.82) is 0 Å². The molecule has 0 aliphatic rings. The van der Waals surface area contributed by atoms with Crippen LogP contribution < -0.4 is 0 Å². The van der Waals surface area contributed by atoms with Gasteiger partial charge in [0.15, 0.2) is 12.2 Å². The Labute approximate surface area is 543 Å². The van der Waals surface area contributed by atoms with E-state index in [4.69, 9.17) is 37.0 Å². The van der Waals surface area contributed by atoms with Crippen LogP contribution >= 0.6 is 15.6 Å². The van der Waals surface area contributed by atoms with Crippen molar-refractivity contribution in [3.05, 3.63) is 0 Å². The molecule has 0 fully saturated rings. The van der Waals surface area contributed by atoms with E-state index in [1.807, 2.05) is 0 Å². The molecule has 0 aromatic carbocycles. The summed E-state index contributed by atoms with van der Waals surface area (Å²) in [6, 6.07) is 0. The highest BCUT2D eigenvalue weighted by Crippen LogP contribution is 2.45. The molecule has 89 heavy (non-hydrogen) atoms. The highest BCUT2D eigenvalue weighted by Gasteiger charge is 2.30. The summed E-state index contributed by atoms with van der Waals surface area (Å²) < 4.78 is 68.3. The molecule has 0 heterocycles. The number of hydrogen-bond acceptors (Lipinski definition) is 15. The fourth-order valence-corrected chi connectivity index (χ4v) is 12.1. The van der Waals surface area contributed by atoms with Gasteiger partial charge in [0.05, 0.1) is 26.4 Å². The standard InChI is InChI=1S/C70H136O17P2/c1-8-10-11-12-13-14-15-16-22-32-39-46-53-69(74)86-66(58-81-68(73)52-45-38-31-26-25-28-35-42-49-62(5)6)60-85-89(78,79)83-56-64(71)55-82-88(76,77)84-59-65(57-80-67(72)51-44-37-30-24-19-20-27-34-41-48-61(3)4)87-70(75)54-47-40-33-23-18-17-21-29-36-43-50-63(7)9-2/h61-66,71H,8-60H2,1-7H3,(H,76,77)(H,78,79)/t63?,64-,65-,66-/m1/s1. The summed E-state index contributed by atoms with van der Waals surface area (Å²) in [5.41, 5.74) is 0. The quantitative estimate of drug-likeness (QED) is 0.0222. The van der Waals surface area contributed by atoms with Crippen molar-refractivity contribution in [2.45, 2.75) is 369 Å². The van der Waals surface area contributed by atoms with Crippen molar-refractivity contribution < 1.29 is 80.2 Å². The second kappa shape index (κ2) is 61.0. The SMILES string of the molecule is CCCCCCCCCCCCCCC(=O)O[C@H](COC(=O)CCCCCCCCCCC(C)C)COP(=O)(O)OC[C@H](O)COP(=O)(O)OC[C@@H](COC(=O)CCCCCCCCCCCC(C)C)OC(=O)CCCCCCCCCCCCC(C)CC. The van der Waals surface area contributed by atoms with E-state index in [1.54, 1.807) is 0 Å². The van der Waals surface area contributed by atoms with E-state index >= 15 is 0 Å². The maximum Gasteiger partial charge on any atom is 0.472 e. The van der Waals surface area contributed by atoms with Crippen LogP contribution in [-0.2, 0) is 65.4 Å². The average Bonchev–Trinajstić information content (AvgIpc) is 3.67. The number of hydrogen-bond donors (Lipinski definition) is 3. The lowest BCUT2D eigenvalue weighted by molar-refractivity contribution is -0.161. The number of aliphatic hydroxyl groups is 1. The zero-order chi connectivity index (χ0) is 65.9. The van der Waals surface area contributed by atoms with Crippen molar-refractivity contribution in [2.24, 2.45) is 17.8 Å². The first-order chi connectivity index (χ1) is 42.8. The first-order valence-electron chi connectivity index (χ1n) is 36.4. The minimum absolute atomic E-state index is 0.106. The number of phosphoric ester groups is 2. The predicted molar refractivity (Wildman–Crippen MR) is 358 cm³/mol. The molecule has 0 aromatic heterocycles. The fraction of sp³-hybridized carbons (Fsp3) is 0.943. The highest BCUT2D eigenvalue weighted by molar-refractivity contribution is 7.47. The van der Waals surface area contributed by atoms with Gasteiger partial charge in [0.2, 0.25) is 0 Å². The van der Waals surface area contributed by atoms with Gasteiger partial charge in [-0.1, -0.05) is 299 Å². The van der Waals surface area contributed by atoms with Crippen molar-refractivity contribution in [3.8, 4) is 0 Å². The van der Waals surface area contributed by atoms with Crippen LogP contribution in [0.1, 0.15) is 350 Å². The molecule has 0 aromatic rings. The van der Waals surface area contributed by atoms with E-state index in [-0.39, 0.29) is 25.7 Å². The molecule has 0 rings (SSSR count). The number of unbranched alkanes of at least 4 members (excludes halogenated alkanes) is 35. The number of phosphoric acid groups is 2. The van der Waals surface area contributed by atoms with Crippen LogP contribution in [-0.4, -0.2) is 96.7 Å². The van der Waals surface area contributed by atoms with Crippen molar-refractivity contribution in [3.63, 3.8) is 0 Å². The van der Waals surface area contributed by atoms with E-state index in [9.17, 15) is 43.2 Å². The first kappa shape index (κ1) is 87.1. The average molecular weight is 1310 g/mol. The van der Waals surface area contributed by atoms with Gasteiger partial charge in [-0.05, 0) is 43.4 Å². The van der Waals surface area contributed by atoms with Crippen LogP contribution in [0.25, 0.3) is 0 Å². The highest BCUT2D eigenvalue weighted by atomic mass is 31.2. The maximum atomic E-state index is 13.0. The Kier molecular flexibility index (Phi) is 59.6. The van der Waals surface area contributed by atoms with Crippen LogP contribution in [0, 0.1) is 17.8 Å². The van der Waals surface area contributed by atoms with E-state index < -0.39 is 97.5 Å². The molecule has 0 saturated carbocycles. The molecule has 0 spiro atoms. The Hall–Kier alpha value is -1.94. The van der Waals surface area contributed by atoms with Crippen molar-refractivity contribution >= 4 is 39.5 Å². The van der Waals surface area contributed by atoms with Crippen molar-refractivity contribution in [2.75, 3.05) is 39.6 Å². The van der Waals surface area contributed by atoms with Crippen molar-refractivity contribution in [1.82, 2.24) is 0 Å². The second-order valence-electron chi connectivity index (χ2n) is 26.5. The minimum Gasteiger partial charge on any atom is -0.462 e. The number of carbonyl (C=O) groups excluding carboxylic acids is 4. The fourth-order valence-electron chi connectivity index (χ4n) is 10.5. The van der Waals surface area contributed by atoms with Gasteiger partial charge < -0.3 is 33.8 Å². The first-order valence-corrected chi connectivity index (χ1v) is 39.4. The van der Waals surface area contributed by atoms with Gasteiger partial charge >= 0.3 is 39.5 Å². The molecule has 17 nitrogen and oxygen atoms in total. The molecule has 0 saturated heterocycles. The molecule has 0 radical (unpaired) electrons. The Morgan fingerprint density at radius 1 is 0.326 bits per heavy atom. The summed E-state index contributed by atoms with van der Waals surface area (Å²) >= 11 is 0. The molecule has 6 atom stereocenters. The number of esters is 4. The van der Waals surface area contributed by atoms with Gasteiger partial charge in [0, 0.05) is 25.7 Å². The smallest absolute Gasteiger partial charge is 0.462 e. The maximum absolute atomic E-state index is 13.0. The third-order valence-corrected chi connectivity index (χ3v) is 18.4. The normalized spacial score (nSPS) is 14.5. The zero-order valence-electron chi connectivity index (χ0n) is 57.9. The monoisotopic (exact) mass is 1310 g/mol. The largest absolute Gasteiger partial charge is 0.472 e. The van der Waals surface area contributed by atoms with Crippen LogP contribution in [0.4, 0.5) is 0 Å². The van der Waals surface area contributed by atoms with E-state index in [0.717, 1.165) is 108 Å². The molecular formula is C70H136O17P2. The van der Waals surface area contributed by atoms with Crippen LogP contribution in [0.5, 0.6) is 0 Å².